The van der Waals surface area contributed by atoms with Crippen LogP contribution in [0.3, 0.4) is 0 Å². The van der Waals surface area contributed by atoms with Crippen LogP contribution in [-0.4, -0.2) is 15.0 Å². The van der Waals surface area contributed by atoms with Crippen LogP contribution in [0.1, 0.15) is 0 Å². The van der Waals surface area contributed by atoms with E-state index in [4.69, 9.17) is 19.4 Å². The van der Waals surface area contributed by atoms with E-state index in [1.807, 2.05) is 30.3 Å². The maximum Gasteiger partial charge on any atom is 0.164 e. The van der Waals surface area contributed by atoms with Crippen LogP contribution in [0.5, 0.6) is 0 Å². The first kappa shape index (κ1) is 31.1. The van der Waals surface area contributed by atoms with E-state index in [-0.39, 0.29) is 0 Å². The SMILES string of the molecule is c1ccc(-c2nc(-c3ccc(-c4cccc5ccccc45)cc3)nc(-c3ccc(-c4cccc5oc6cc7ccccc7cc6c45)c4ccccc34)n2)cc1. The second-order valence-corrected chi connectivity index (χ2v) is 14.0. The molecule has 0 aliphatic rings. The zero-order valence-corrected chi connectivity index (χ0v) is 29.6. The van der Waals surface area contributed by atoms with E-state index in [0.29, 0.717) is 17.5 Å². The highest BCUT2D eigenvalue weighted by molar-refractivity contribution is 6.18. The fourth-order valence-corrected chi connectivity index (χ4v) is 8.08. The number of aromatic nitrogens is 3. The van der Waals surface area contributed by atoms with Gasteiger partial charge in [-0.3, -0.25) is 0 Å². The number of hydrogen-bond acceptors (Lipinski definition) is 4. The lowest BCUT2D eigenvalue weighted by atomic mass is 9.92. The summed E-state index contributed by atoms with van der Waals surface area (Å²) in [6.07, 6.45) is 0. The number of nitrogens with zero attached hydrogens (tertiary/aromatic N) is 3. The van der Waals surface area contributed by atoms with Crippen molar-refractivity contribution in [2.24, 2.45) is 0 Å². The number of benzene rings is 9. The van der Waals surface area contributed by atoms with Gasteiger partial charge in [-0.05, 0) is 78.8 Å². The molecule has 2 heterocycles. The Morgan fingerprint density at radius 2 is 0.836 bits per heavy atom. The van der Waals surface area contributed by atoms with E-state index in [0.717, 1.165) is 71.5 Å². The van der Waals surface area contributed by atoms with E-state index in [1.165, 1.54) is 21.7 Å². The molecule has 0 bridgehead atoms. The molecule has 0 unspecified atom stereocenters. The first-order valence-corrected chi connectivity index (χ1v) is 18.5. The first-order chi connectivity index (χ1) is 27.2. The van der Waals surface area contributed by atoms with Gasteiger partial charge in [0, 0.05) is 27.5 Å². The van der Waals surface area contributed by atoms with Gasteiger partial charge in [0.15, 0.2) is 17.5 Å². The lowest BCUT2D eigenvalue weighted by Gasteiger charge is -2.14. The molecule has 0 amide bonds. The highest BCUT2D eigenvalue weighted by atomic mass is 16.3. The van der Waals surface area contributed by atoms with Crippen LogP contribution in [0.2, 0.25) is 0 Å². The van der Waals surface area contributed by atoms with Crippen LogP contribution in [0.4, 0.5) is 0 Å². The van der Waals surface area contributed by atoms with Gasteiger partial charge >= 0.3 is 0 Å². The third kappa shape index (κ3) is 5.26. The van der Waals surface area contributed by atoms with Gasteiger partial charge in [-0.1, -0.05) is 164 Å². The van der Waals surface area contributed by atoms with Crippen LogP contribution in [-0.2, 0) is 0 Å². The fourth-order valence-electron chi connectivity index (χ4n) is 8.08. The third-order valence-electron chi connectivity index (χ3n) is 10.7. The quantitative estimate of drug-likeness (QED) is 0.179. The van der Waals surface area contributed by atoms with Gasteiger partial charge in [0.25, 0.3) is 0 Å². The number of rotatable bonds is 5. The average Bonchev–Trinajstić information content (AvgIpc) is 3.63. The molecular formula is C51H31N3O. The summed E-state index contributed by atoms with van der Waals surface area (Å²) in [5, 5.41) is 9.21. The molecule has 0 saturated heterocycles. The van der Waals surface area contributed by atoms with Crippen molar-refractivity contribution in [3.63, 3.8) is 0 Å². The molecule has 2 aromatic heterocycles. The number of fused-ring (bicyclic) bond motifs is 6. The van der Waals surface area contributed by atoms with Gasteiger partial charge in [-0.25, -0.2) is 15.0 Å². The molecule has 11 rings (SSSR count). The van der Waals surface area contributed by atoms with E-state index in [1.54, 1.807) is 0 Å². The minimum atomic E-state index is 0.628. The van der Waals surface area contributed by atoms with Crippen LogP contribution in [0, 0.1) is 0 Å². The Morgan fingerprint density at radius 3 is 1.62 bits per heavy atom. The Kier molecular flexibility index (Phi) is 7.14. The predicted octanol–water partition coefficient (Wildman–Crippen LogP) is 13.6. The molecular weight excluding hydrogens is 671 g/mol. The van der Waals surface area contributed by atoms with Crippen LogP contribution in [0.25, 0.3) is 111 Å². The van der Waals surface area contributed by atoms with E-state index in [2.05, 4.69) is 158 Å². The summed E-state index contributed by atoms with van der Waals surface area (Å²) in [6.45, 7) is 0. The summed E-state index contributed by atoms with van der Waals surface area (Å²) < 4.78 is 6.46. The van der Waals surface area contributed by atoms with Crippen molar-refractivity contribution in [1.82, 2.24) is 15.0 Å². The Bertz CT molecular complexity index is 3250. The van der Waals surface area contributed by atoms with Crippen molar-refractivity contribution in [2.45, 2.75) is 0 Å². The predicted molar refractivity (Wildman–Crippen MR) is 227 cm³/mol. The molecule has 0 N–H and O–H groups in total. The summed E-state index contributed by atoms with van der Waals surface area (Å²) in [7, 11) is 0. The van der Waals surface area contributed by atoms with Crippen molar-refractivity contribution < 1.29 is 4.42 Å². The lowest BCUT2D eigenvalue weighted by Crippen LogP contribution is -2.00. The Hall–Kier alpha value is -7.43. The fraction of sp³-hybridized carbons (Fsp3) is 0. The van der Waals surface area contributed by atoms with Crippen LogP contribution in [0.15, 0.2) is 192 Å². The minimum absolute atomic E-state index is 0.628. The molecule has 4 heteroatoms. The molecule has 256 valence electrons. The van der Waals surface area contributed by atoms with Gasteiger partial charge < -0.3 is 4.42 Å². The summed E-state index contributed by atoms with van der Waals surface area (Å²) in [4.78, 5) is 15.3. The minimum Gasteiger partial charge on any atom is -0.456 e. The standard InChI is InChI=1S/C51H31N3O/c1-2-13-34(14-3-1)49-52-50(35-26-24-33(25-27-35)39-21-10-17-32-12-6-7-18-38(32)39)54-51(53-49)44-29-28-42(40-19-8-9-20-41(40)44)43-22-11-23-46-48(43)45-30-36-15-4-5-16-37(36)31-47(45)55-46/h1-31H. The largest absolute Gasteiger partial charge is 0.456 e. The maximum absolute atomic E-state index is 6.46. The molecule has 4 nitrogen and oxygen atoms in total. The van der Waals surface area contributed by atoms with Crippen molar-refractivity contribution >= 4 is 54.3 Å². The van der Waals surface area contributed by atoms with Gasteiger partial charge in [0.05, 0.1) is 0 Å². The van der Waals surface area contributed by atoms with E-state index < -0.39 is 0 Å². The molecule has 0 aliphatic heterocycles. The second kappa shape index (κ2) is 12.6. The molecule has 9 aromatic carbocycles. The van der Waals surface area contributed by atoms with Gasteiger partial charge in [0.1, 0.15) is 11.2 Å². The zero-order valence-electron chi connectivity index (χ0n) is 29.6. The van der Waals surface area contributed by atoms with Crippen LogP contribution < -0.4 is 0 Å². The summed E-state index contributed by atoms with van der Waals surface area (Å²) in [6, 6.07) is 65.8. The van der Waals surface area contributed by atoms with Gasteiger partial charge in [-0.2, -0.15) is 0 Å². The summed E-state index contributed by atoms with van der Waals surface area (Å²) >= 11 is 0. The molecule has 0 atom stereocenters. The summed E-state index contributed by atoms with van der Waals surface area (Å²) in [5.41, 5.74) is 9.17. The second-order valence-electron chi connectivity index (χ2n) is 14.0. The molecule has 0 aliphatic carbocycles. The lowest BCUT2D eigenvalue weighted by molar-refractivity contribution is 0.669. The number of furan rings is 1. The van der Waals surface area contributed by atoms with Crippen LogP contribution >= 0.6 is 0 Å². The van der Waals surface area contributed by atoms with Gasteiger partial charge in [-0.15, -0.1) is 0 Å². The molecule has 0 saturated carbocycles. The van der Waals surface area contributed by atoms with Crippen molar-refractivity contribution in [1.29, 1.82) is 0 Å². The monoisotopic (exact) mass is 701 g/mol. The normalized spacial score (nSPS) is 11.6. The summed E-state index contributed by atoms with van der Waals surface area (Å²) in [5.74, 6) is 1.89. The van der Waals surface area contributed by atoms with Crippen molar-refractivity contribution in [3.05, 3.63) is 188 Å². The Balaban J connectivity index is 1.07. The first-order valence-electron chi connectivity index (χ1n) is 18.5. The highest BCUT2D eigenvalue weighted by Crippen LogP contribution is 2.42. The zero-order chi connectivity index (χ0) is 36.3. The molecule has 0 radical (unpaired) electrons. The Morgan fingerprint density at radius 1 is 0.291 bits per heavy atom. The Labute approximate surface area is 317 Å². The third-order valence-corrected chi connectivity index (χ3v) is 10.7. The van der Waals surface area contributed by atoms with E-state index in [9.17, 15) is 0 Å². The topological polar surface area (TPSA) is 51.8 Å². The van der Waals surface area contributed by atoms with Crippen molar-refractivity contribution in [2.75, 3.05) is 0 Å². The van der Waals surface area contributed by atoms with Gasteiger partial charge in [0.2, 0.25) is 0 Å². The molecule has 55 heavy (non-hydrogen) atoms. The highest BCUT2D eigenvalue weighted by Gasteiger charge is 2.19. The molecule has 0 spiro atoms. The maximum atomic E-state index is 6.46. The van der Waals surface area contributed by atoms with E-state index >= 15 is 0 Å². The molecule has 0 fully saturated rings. The molecule has 11 aromatic rings. The van der Waals surface area contributed by atoms with Crippen molar-refractivity contribution in [3.8, 4) is 56.4 Å². The number of hydrogen-bond donors (Lipinski definition) is 0. The average molecular weight is 702 g/mol. The smallest absolute Gasteiger partial charge is 0.164 e.